The summed E-state index contributed by atoms with van der Waals surface area (Å²) in [5.41, 5.74) is 2.10. The van der Waals surface area contributed by atoms with E-state index in [1.165, 1.54) is 60.9 Å². The van der Waals surface area contributed by atoms with Crippen LogP contribution in [-0.4, -0.2) is 34.6 Å². The van der Waals surface area contributed by atoms with Gasteiger partial charge in [-0.1, -0.05) is 60.7 Å². The van der Waals surface area contributed by atoms with Crippen LogP contribution in [0.4, 0.5) is 30.7 Å². The summed E-state index contributed by atoms with van der Waals surface area (Å²) in [6.07, 6.45) is -5.15. The lowest BCUT2D eigenvalue weighted by Gasteiger charge is -2.15. The van der Waals surface area contributed by atoms with Crippen LogP contribution in [0.3, 0.4) is 0 Å². The summed E-state index contributed by atoms with van der Waals surface area (Å²) in [5, 5.41) is 0.636. The van der Waals surface area contributed by atoms with E-state index in [0.29, 0.717) is 50.1 Å². The molecule has 4 aromatic heterocycles. The number of ether oxygens (including phenoxy) is 2. The van der Waals surface area contributed by atoms with E-state index in [-0.39, 0.29) is 27.8 Å². The van der Waals surface area contributed by atoms with Gasteiger partial charge in [-0.3, -0.25) is 9.97 Å². The fourth-order valence-corrected chi connectivity index (χ4v) is 7.23. The number of pyridine rings is 4. The van der Waals surface area contributed by atoms with Crippen LogP contribution < -0.4 is 9.47 Å². The number of nitrogens with zero attached hydrogens (tertiary/aromatic N) is 4. The predicted molar refractivity (Wildman–Crippen MR) is 216 cm³/mol. The lowest BCUT2D eigenvalue weighted by molar-refractivity contribution is -0.137. The molecule has 16 heteroatoms. The van der Waals surface area contributed by atoms with Gasteiger partial charge in [0.05, 0.1) is 22.2 Å². The molecule has 310 valence electrons. The van der Waals surface area contributed by atoms with Crippen LogP contribution in [0.25, 0.3) is 44.1 Å². The van der Waals surface area contributed by atoms with Crippen LogP contribution in [0.2, 0.25) is 0 Å². The van der Waals surface area contributed by atoms with E-state index in [2.05, 4.69) is 19.9 Å². The van der Waals surface area contributed by atoms with Crippen molar-refractivity contribution in [2.45, 2.75) is 31.2 Å². The lowest BCUT2D eigenvalue weighted by Crippen LogP contribution is -2.07. The molecule has 0 atom stereocenters. The third-order valence-electron chi connectivity index (χ3n) is 9.24. The molecule has 8 rings (SSSR count). The Balaban J connectivity index is 0.000000185. The van der Waals surface area contributed by atoms with Gasteiger partial charge < -0.3 is 9.47 Å². The largest absolute Gasteiger partial charge is 0.439 e. The highest BCUT2D eigenvalue weighted by molar-refractivity contribution is 7.90. The molecule has 0 spiro atoms. The summed E-state index contributed by atoms with van der Waals surface area (Å²) in [7, 11) is -3.50. The molecule has 0 amide bonds. The van der Waals surface area contributed by atoms with Crippen molar-refractivity contribution in [1.29, 1.82) is 0 Å². The van der Waals surface area contributed by atoms with Crippen molar-refractivity contribution in [3.8, 4) is 45.5 Å². The molecule has 0 radical (unpaired) electrons. The minimum absolute atomic E-state index is 0.0813. The second kappa shape index (κ2) is 16.6. The van der Waals surface area contributed by atoms with E-state index in [1.54, 1.807) is 74.5 Å². The number of para-hydroxylation sites is 2. The molecular formula is C45H31F7N4O4S. The molecule has 0 fully saturated rings. The standard InChI is InChI=1S/C23H17F3N2O3S.C22H14F4N2O/c1-14-13-27-22-17(8-4-9-18(22)23(24,25)26)21(14)15-6-3-7-16(12-15)31-19-10-5-11-20(28-19)32(2,29)30;1-13-12-27-21-16(7-3-8-17(21)22(24,25)26)20(13)14-5-2-6-15(11-14)29-19-10-4-9-18(23)28-19/h3-13H,1-2H3;2-12H,1H3. The second-order valence-corrected chi connectivity index (χ2v) is 15.6. The lowest BCUT2D eigenvalue weighted by atomic mass is 9.95. The predicted octanol–water partition coefficient (Wildman–Crippen LogP) is 12.4. The van der Waals surface area contributed by atoms with Crippen molar-refractivity contribution < 1.29 is 48.6 Å². The number of fused-ring (bicyclic) bond motifs is 2. The number of halogens is 7. The quantitative estimate of drug-likeness (QED) is 0.115. The van der Waals surface area contributed by atoms with E-state index in [4.69, 9.17) is 9.47 Å². The van der Waals surface area contributed by atoms with E-state index < -0.39 is 39.3 Å². The van der Waals surface area contributed by atoms with Gasteiger partial charge >= 0.3 is 12.4 Å². The summed E-state index contributed by atoms with van der Waals surface area (Å²) in [5.74, 6) is 0.238. The molecule has 8 aromatic rings. The van der Waals surface area contributed by atoms with Crippen molar-refractivity contribution in [3.63, 3.8) is 0 Å². The van der Waals surface area contributed by atoms with Crippen LogP contribution in [0.15, 0.2) is 139 Å². The first-order valence-corrected chi connectivity index (χ1v) is 20.0. The molecule has 0 unspecified atom stereocenters. The first-order chi connectivity index (χ1) is 28.9. The molecular weight excluding hydrogens is 826 g/mol. The van der Waals surface area contributed by atoms with Crippen molar-refractivity contribution in [2.75, 3.05) is 6.26 Å². The van der Waals surface area contributed by atoms with Crippen molar-refractivity contribution in [3.05, 3.63) is 162 Å². The molecule has 0 saturated heterocycles. The van der Waals surface area contributed by atoms with Crippen molar-refractivity contribution >= 4 is 31.6 Å². The van der Waals surface area contributed by atoms with Crippen LogP contribution in [0.1, 0.15) is 22.3 Å². The smallest absolute Gasteiger partial charge is 0.418 e. The van der Waals surface area contributed by atoms with Gasteiger partial charge in [-0.05, 0) is 95.8 Å². The van der Waals surface area contributed by atoms with E-state index in [0.717, 1.165) is 24.0 Å². The van der Waals surface area contributed by atoms with Gasteiger partial charge in [0.25, 0.3) is 0 Å². The zero-order chi connectivity index (χ0) is 43.7. The first kappa shape index (κ1) is 42.2. The second-order valence-electron chi connectivity index (χ2n) is 13.7. The van der Waals surface area contributed by atoms with E-state index >= 15 is 0 Å². The summed E-state index contributed by atoms with van der Waals surface area (Å²) in [6, 6.07) is 30.1. The monoisotopic (exact) mass is 856 g/mol. The third-order valence-corrected chi connectivity index (χ3v) is 10.2. The number of rotatable bonds is 7. The highest BCUT2D eigenvalue weighted by atomic mass is 32.2. The van der Waals surface area contributed by atoms with Crippen LogP contribution in [-0.2, 0) is 22.2 Å². The SMILES string of the molecule is Cc1cnc2c(C(F)(F)F)cccc2c1-c1cccc(Oc2cccc(F)n2)c1.Cc1cnc2c(C(F)(F)F)cccc2c1-c1cccc(Oc2cccc(S(C)(=O)=O)n2)c1. The number of aromatic nitrogens is 4. The average Bonchev–Trinajstić information content (AvgIpc) is 3.20. The number of hydrogen-bond acceptors (Lipinski definition) is 8. The Morgan fingerprint density at radius 3 is 1.41 bits per heavy atom. The fraction of sp³-hybridized carbons (Fsp3) is 0.111. The number of aryl methyl sites for hydroxylation is 2. The molecule has 4 heterocycles. The summed E-state index contributed by atoms with van der Waals surface area (Å²) < 4.78 is 129. The van der Waals surface area contributed by atoms with Gasteiger partial charge in [0, 0.05) is 41.6 Å². The molecule has 0 aliphatic carbocycles. The molecule has 0 saturated carbocycles. The van der Waals surface area contributed by atoms with Gasteiger partial charge in [-0.15, -0.1) is 0 Å². The van der Waals surface area contributed by atoms with Gasteiger partial charge in [0.15, 0.2) is 14.9 Å². The highest BCUT2D eigenvalue weighted by Crippen LogP contribution is 2.41. The maximum atomic E-state index is 13.5. The molecule has 0 aliphatic heterocycles. The number of hydrogen-bond donors (Lipinski definition) is 0. The van der Waals surface area contributed by atoms with Crippen LogP contribution in [0, 0.1) is 19.8 Å². The Morgan fingerprint density at radius 1 is 0.541 bits per heavy atom. The van der Waals surface area contributed by atoms with E-state index in [9.17, 15) is 39.2 Å². The Morgan fingerprint density at radius 2 is 0.967 bits per heavy atom. The Hall–Kier alpha value is -6.94. The Bertz CT molecular complexity index is 3050. The molecule has 0 bridgehead atoms. The van der Waals surface area contributed by atoms with Gasteiger partial charge in [0.2, 0.25) is 17.7 Å². The van der Waals surface area contributed by atoms with Gasteiger partial charge in [-0.25, -0.2) is 13.4 Å². The normalized spacial score (nSPS) is 11.9. The topological polar surface area (TPSA) is 104 Å². The zero-order valence-corrected chi connectivity index (χ0v) is 33.0. The summed E-state index contributed by atoms with van der Waals surface area (Å²) in [6.45, 7) is 3.55. The maximum absolute atomic E-state index is 13.5. The Labute approximate surface area is 344 Å². The fourth-order valence-electron chi connectivity index (χ4n) is 6.65. The average molecular weight is 857 g/mol. The third kappa shape index (κ3) is 9.44. The van der Waals surface area contributed by atoms with Crippen molar-refractivity contribution in [2.24, 2.45) is 0 Å². The molecule has 0 N–H and O–H groups in total. The van der Waals surface area contributed by atoms with Crippen molar-refractivity contribution in [1.82, 2.24) is 19.9 Å². The molecule has 4 aromatic carbocycles. The minimum Gasteiger partial charge on any atom is -0.439 e. The number of sulfone groups is 1. The first-order valence-electron chi connectivity index (χ1n) is 18.1. The zero-order valence-electron chi connectivity index (χ0n) is 32.2. The highest BCUT2D eigenvalue weighted by Gasteiger charge is 2.34. The molecule has 8 nitrogen and oxygen atoms in total. The van der Waals surface area contributed by atoms with Crippen LogP contribution in [0.5, 0.6) is 23.3 Å². The van der Waals surface area contributed by atoms with Crippen LogP contribution >= 0.6 is 0 Å². The maximum Gasteiger partial charge on any atom is 0.418 e. The number of benzene rings is 4. The van der Waals surface area contributed by atoms with E-state index in [1.807, 2.05) is 0 Å². The number of alkyl halides is 6. The van der Waals surface area contributed by atoms with Gasteiger partial charge in [-0.2, -0.15) is 35.7 Å². The Kier molecular flexibility index (Phi) is 11.5. The minimum atomic E-state index is -4.53. The van der Waals surface area contributed by atoms with Gasteiger partial charge in [0.1, 0.15) is 11.5 Å². The summed E-state index contributed by atoms with van der Waals surface area (Å²) in [4.78, 5) is 15.7. The molecule has 61 heavy (non-hydrogen) atoms. The summed E-state index contributed by atoms with van der Waals surface area (Å²) >= 11 is 0. The molecule has 0 aliphatic rings.